The number of likely N-dealkylation sites (N-methyl/N-ethyl adjacent to an activating group) is 1. The van der Waals surface area contributed by atoms with Crippen molar-refractivity contribution in [1.29, 1.82) is 0 Å². The van der Waals surface area contributed by atoms with Gasteiger partial charge in [-0.05, 0) is 25.7 Å². The van der Waals surface area contributed by atoms with Crippen molar-refractivity contribution in [2.75, 3.05) is 47.5 Å². The number of Topliss-reactive ketones (excluding diaryl/α,β-unsaturated/α-hetero) is 1. The zero-order valence-electron chi connectivity index (χ0n) is 39.4. The molecule has 0 aromatic carbocycles. The molecule has 1 unspecified atom stereocenters. The summed E-state index contributed by atoms with van der Waals surface area (Å²) in [6.45, 7) is 4.07. The van der Waals surface area contributed by atoms with Crippen molar-refractivity contribution < 1.29 is 57.1 Å². The number of unbranched alkanes of at least 4 members (excludes halogenated alkanes) is 21. The van der Waals surface area contributed by atoms with E-state index in [-0.39, 0.29) is 50.1 Å². The van der Waals surface area contributed by atoms with E-state index in [1.807, 2.05) is 27.2 Å². The van der Waals surface area contributed by atoms with Gasteiger partial charge in [0.25, 0.3) is 0 Å². The maximum absolute atomic E-state index is 12.8. The first-order valence-corrected chi connectivity index (χ1v) is 26.0. The van der Waals surface area contributed by atoms with Crippen molar-refractivity contribution in [1.82, 2.24) is 0 Å². The van der Waals surface area contributed by atoms with Gasteiger partial charge in [-0.2, -0.15) is 0 Å². The molecule has 1 saturated carbocycles. The van der Waals surface area contributed by atoms with E-state index in [0.717, 1.165) is 57.8 Å². The number of esters is 2. The average molecular weight is 889 g/mol. The minimum atomic E-state index is -4.44. The molecular formula is C48H91NO11P+. The van der Waals surface area contributed by atoms with Crippen molar-refractivity contribution in [3.05, 3.63) is 12.2 Å². The molecule has 0 amide bonds. The molecule has 0 radical (unpaired) electrons. The minimum absolute atomic E-state index is 0.00876. The van der Waals surface area contributed by atoms with Crippen LogP contribution in [-0.4, -0.2) is 103 Å². The number of carbonyl (C=O) groups is 3. The van der Waals surface area contributed by atoms with E-state index in [0.29, 0.717) is 36.7 Å². The SMILES string of the molecule is CCCCCCCCCCCCCCCCCCCC(=O)OC[C@H](COP(=O)(O)OCC[N+](C)(C)C)OC(=O)CCCCCC[C@H]1C(=O)C[C@@H](O)[C@@H]1/C=C/[C@@H](O)CCCCC. The van der Waals surface area contributed by atoms with Gasteiger partial charge in [0.2, 0.25) is 0 Å². The van der Waals surface area contributed by atoms with Crippen LogP contribution in [0.2, 0.25) is 0 Å². The van der Waals surface area contributed by atoms with Gasteiger partial charge in [0.15, 0.2) is 6.10 Å². The zero-order valence-corrected chi connectivity index (χ0v) is 40.3. The molecule has 0 aromatic heterocycles. The summed E-state index contributed by atoms with van der Waals surface area (Å²) >= 11 is 0. The van der Waals surface area contributed by atoms with Crippen molar-refractivity contribution in [3.63, 3.8) is 0 Å². The molecule has 0 heterocycles. The van der Waals surface area contributed by atoms with Crippen molar-refractivity contribution in [3.8, 4) is 0 Å². The van der Waals surface area contributed by atoms with Gasteiger partial charge in [0.05, 0.1) is 40.0 Å². The average Bonchev–Trinajstić information content (AvgIpc) is 3.47. The normalized spacial score (nSPS) is 19.0. The highest BCUT2D eigenvalue weighted by Gasteiger charge is 2.39. The van der Waals surface area contributed by atoms with Crippen LogP contribution in [-0.2, 0) is 37.5 Å². The highest BCUT2D eigenvalue weighted by Crippen LogP contribution is 2.43. The third-order valence-corrected chi connectivity index (χ3v) is 12.7. The largest absolute Gasteiger partial charge is 0.472 e. The Morgan fingerprint density at radius 3 is 1.75 bits per heavy atom. The Labute approximate surface area is 371 Å². The van der Waals surface area contributed by atoms with Crippen molar-refractivity contribution in [2.24, 2.45) is 11.8 Å². The van der Waals surface area contributed by atoms with Crippen LogP contribution in [0.25, 0.3) is 0 Å². The summed E-state index contributed by atoms with van der Waals surface area (Å²) in [5.41, 5.74) is 0. The van der Waals surface area contributed by atoms with Gasteiger partial charge in [0.1, 0.15) is 25.5 Å². The van der Waals surface area contributed by atoms with Gasteiger partial charge in [-0.3, -0.25) is 23.4 Å². The van der Waals surface area contributed by atoms with Gasteiger partial charge >= 0.3 is 19.8 Å². The van der Waals surface area contributed by atoms with Crippen LogP contribution in [0.4, 0.5) is 0 Å². The van der Waals surface area contributed by atoms with E-state index >= 15 is 0 Å². The lowest BCUT2D eigenvalue weighted by atomic mass is 9.88. The van der Waals surface area contributed by atoms with Crippen LogP contribution in [0.15, 0.2) is 12.2 Å². The Hall–Kier alpha value is -1.66. The van der Waals surface area contributed by atoms with Crippen LogP contribution < -0.4 is 0 Å². The molecular weight excluding hydrogens is 797 g/mol. The summed E-state index contributed by atoms with van der Waals surface area (Å²) in [6.07, 6.45) is 30.1. The number of ether oxygens (including phenoxy) is 2. The Bertz CT molecular complexity index is 1210. The smallest absolute Gasteiger partial charge is 0.462 e. The Balaban J connectivity index is 2.41. The molecule has 0 aliphatic heterocycles. The minimum Gasteiger partial charge on any atom is -0.462 e. The number of aliphatic hydroxyl groups is 2. The number of quaternary nitrogens is 1. The Morgan fingerprint density at radius 1 is 0.721 bits per heavy atom. The van der Waals surface area contributed by atoms with E-state index < -0.39 is 44.7 Å². The first-order valence-electron chi connectivity index (χ1n) is 24.5. The molecule has 12 nitrogen and oxygen atoms in total. The monoisotopic (exact) mass is 889 g/mol. The molecule has 1 fully saturated rings. The topological polar surface area (TPSA) is 166 Å². The molecule has 0 aromatic rings. The Morgan fingerprint density at radius 2 is 1.21 bits per heavy atom. The lowest BCUT2D eigenvalue weighted by Crippen LogP contribution is -2.37. The van der Waals surface area contributed by atoms with Gasteiger partial charge in [-0.25, -0.2) is 4.57 Å². The number of nitrogens with zero attached hydrogens (tertiary/aromatic N) is 1. The molecule has 0 bridgehead atoms. The first kappa shape index (κ1) is 57.4. The van der Waals surface area contributed by atoms with E-state index in [1.54, 1.807) is 6.08 Å². The fourth-order valence-corrected chi connectivity index (χ4v) is 8.54. The summed E-state index contributed by atoms with van der Waals surface area (Å²) in [5, 5.41) is 20.8. The van der Waals surface area contributed by atoms with Gasteiger partial charge < -0.3 is 29.1 Å². The van der Waals surface area contributed by atoms with Crippen molar-refractivity contribution >= 4 is 25.5 Å². The summed E-state index contributed by atoms with van der Waals surface area (Å²) < 4.78 is 34.4. The van der Waals surface area contributed by atoms with Crippen LogP contribution in [0.1, 0.15) is 200 Å². The number of phosphoric acid groups is 1. The maximum atomic E-state index is 12.8. The standard InChI is InChI=1S/C48H90NO11P/c1-6-8-10-11-12-13-14-15-16-17-18-19-20-21-22-23-28-32-47(53)57-39-42(40-59-61(55,56)58-37-36-49(3,4)5)60-48(54)33-29-25-24-27-31-43-44(46(52)38-45(43)51)35-34-41(50)30-26-9-7-2/h34-35,41-44,46,50,52H,6-33,36-40H2,1-5H3/p+1/b35-34+/t41-,42+,43+,44+,46+/m0/s1. The molecule has 1 rings (SSSR count). The molecule has 61 heavy (non-hydrogen) atoms. The van der Waals surface area contributed by atoms with E-state index in [1.165, 1.54) is 83.5 Å². The third kappa shape index (κ3) is 32.6. The summed E-state index contributed by atoms with van der Waals surface area (Å²) in [6, 6.07) is 0. The number of phosphoric ester groups is 1. The molecule has 13 heteroatoms. The quantitative estimate of drug-likeness (QED) is 0.0176. The van der Waals surface area contributed by atoms with Crippen molar-refractivity contribution in [2.45, 2.75) is 218 Å². The van der Waals surface area contributed by atoms with E-state index in [9.17, 15) is 34.1 Å². The van der Waals surface area contributed by atoms with E-state index in [4.69, 9.17) is 18.5 Å². The highest BCUT2D eigenvalue weighted by atomic mass is 31.2. The van der Waals surface area contributed by atoms with Gasteiger partial charge in [-0.15, -0.1) is 0 Å². The summed E-state index contributed by atoms with van der Waals surface area (Å²) in [4.78, 5) is 48.3. The first-order chi connectivity index (χ1) is 29.2. The molecule has 358 valence electrons. The molecule has 1 aliphatic carbocycles. The Kier molecular flexibility index (Phi) is 33.5. The van der Waals surface area contributed by atoms with Crippen LogP contribution >= 0.6 is 7.82 Å². The molecule has 1 aliphatic rings. The number of ketones is 1. The second-order valence-electron chi connectivity index (χ2n) is 18.6. The zero-order chi connectivity index (χ0) is 45.2. The number of carbonyl (C=O) groups excluding carboxylic acids is 3. The highest BCUT2D eigenvalue weighted by molar-refractivity contribution is 7.47. The summed E-state index contributed by atoms with van der Waals surface area (Å²) in [5.74, 6) is -1.48. The lowest BCUT2D eigenvalue weighted by molar-refractivity contribution is -0.870. The molecule has 0 spiro atoms. The third-order valence-electron chi connectivity index (χ3n) is 11.7. The van der Waals surface area contributed by atoms with Crippen LogP contribution in [0.3, 0.4) is 0 Å². The number of hydrogen-bond donors (Lipinski definition) is 3. The summed E-state index contributed by atoms with van der Waals surface area (Å²) in [7, 11) is 1.34. The second-order valence-corrected chi connectivity index (χ2v) is 20.1. The van der Waals surface area contributed by atoms with Gasteiger partial charge in [-0.1, -0.05) is 167 Å². The maximum Gasteiger partial charge on any atom is 0.472 e. The van der Waals surface area contributed by atoms with Crippen LogP contribution in [0.5, 0.6) is 0 Å². The predicted molar refractivity (Wildman–Crippen MR) is 244 cm³/mol. The van der Waals surface area contributed by atoms with Gasteiger partial charge in [0, 0.05) is 31.1 Å². The lowest BCUT2D eigenvalue weighted by Gasteiger charge is -2.24. The van der Waals surface area contributed by atoms with E-state index in [2.05, 4.69) is 13.8 Å². The molecule has 0 saturated heterocycles. The predicted octanol–water partition coefficient (Wildman–Crippen LogP) is 10.7. The fourth-order valence-electron chi connectivity index (χ4n) is 7.79. The number of rotatable bonds is 41. The molecule has 3 N–H and O–H groups in total. The second kappa shape index (κ2) is 35.7. The number of hydrogen-bond acceptors (Lipinski definition) is 10. The fraction of sp³-hybridized carbons (Fsp3) is 0.896. The van der Waals surface area contributed by atoms with Crippen LogP contribution in [0, 0.1) is 11.8 Å². The molecule has 6 atom stereocenters. The number of aliphatic hydroxyl groups excluding tert-OH is 2.